The van der Waals surface area contributed by atoms with Crippen LogP contribution in [0, 0.1) is 0 Å². The molecule has 3 aromatic rings. The van der Waals surface area contributed by atoms with Gasteiger partial charge in [0.25, 0.3) is 11.8 Å². The summed E-state index contributed by atoms with van der Waals surface area (Å²) in [6.07, 6.45) is 6.91. The molecule has 0 fully saturated rings. The van der Waals surface area contributed by atoms with Gasteiger partial charge >= 0.3 is 11.9 Å². The first-order chi connectivity index (χ1) is 20.1. The molecular weight excluding hydrogens is 572 g/mol. The molecule has 0 saturated carbocycles. The highest BCUT2D eigenvalue weighted by Gasteiger charge is 2.29. The van der Waals surface area contributed by atoms with E-state index in [0.717, 1.165) is 72.2 Å². The van der Waals surface area contributed by atoms with Crippen molar-refractivity contribution in [1.82, 2.24) is 0 Å². The number of aryl methyl sites for hydroxylation is 2. The molecule has 5 rings (SSSR count). The summed E-state index contributed by atoms with van der Waals surface area (Å²) in [6.45, 7) is 7.21. The second-order valence-corrected chi connectivity index (χ2v) is 13.4. The Labute approximate surface area is 253 Å². The van der Waals surface area contributed by atoms with Gasteiger partial charge in [0.15, 0.2) is 0 Å². The molecule has 2 aromatic heterocycles. The molecule has 0 aliphatic heterocycles. The second kappa shape index (κ2) is 12.8. The van der Waals surface area contributed by atoms with Crippen molar-refractivity contribution in [3.63, 3.8) is 0 Å². The number of ether oxygens (including phenoxy) is 2. The minimum Gasteiger partial charge on any atom is -0.459 e. The molecule has 10 heteroatoms. The molecule has 42 heavy (non-hydrogen) atoms. The molecule has 0 radical (unpaired) electrons. The third kappa shape index (κ3) is 6.44. The Kier molecular flexibility index (Phi) is 9.13. The largest absolute Gasteiger partial charge is 0.459 e. The van der Waals surface area contributed by atoms with Crippen LogP contribution in [-0.2, 0) is 35.2 Å². The van der Waals surface area contributed by atoms with Crippen molar-refractivity contribution < 1.29 is 28.7 Å². The minimum absolute atomic E-state index is 0.268. The average molecular weight is 609 g/mol. The van der Waals surface area contributed by atoms with Crippen molar-refractivity contribution in [1.29, 1.82) is 0 Å². The predicted molar refractivity (Wildman–Crippen MR) is 165 cm³/mol. The highest BCUT2D eigenvalue weighted by molar-refractivity contribution is 7.17. The number of hydrogen-bond donors (Lipinski definition) is 2. The Bertz CT molecular complexity index is 1400. The van der Waals surface area contributed by atoms with Crippen LogP contribution in [0.4, 0.5) is 10.0 Å². The van der Waals surface area contributed by atoms with Gasteiger partial charge in [-0.25, -0.2) is 9.59 Å². The number of esters is 2. The molecule has 2 aliphatic rings. The smallest absolute Gasteiger partial charge is 0.341 e. The van der Waals surface area contributed by atoms with Crippen molar-refractivity contribution in [2.75, 3.05) is 10.6 Å². The van der Waals surface area contributed by atoms with Crippen LogP contribution in [0.5, 0.6) is 0 Å². The Hall–Kier alpha value is -3.50. The van der Waals surface area contributed by atoms with Gasteiger partial charge in [-0.05, 0) is 114 Å². The average Bonchev–Trinajstić information content (AvgIpc) is 3.49. The molecule has 222 valence electrons. The van der Waals surface area contributed by atoms with Crippen molar-refractivity contribution in [2.24, 2.45) is 0 Å². The lowest BCUT2D eigenvalue weighted by molar-refractivity contribution is 0.0367. The molecule has 0 atom stereocenters. The lowest BCUT2D eigenvalue weighted by Crippen LogP contribution is -2.19. The Morgan fingerprint density at radius 2 is 0.976 bits per heavy atom. The van der Waals surface area contributed by atoms with Gasteiger partial charge < -0.3 is 20.1 Å². The van der Waals surface area contributed by atoms with E-state index in [9.17, 15) is 19.2 Å². The van der Waals surface area contributed by atoms with Crippen LogP contribution < -0.4 is 10.6 Å². The van der Waals surface area contributed by atoms with Gasteiger partial charge in [0.2, 0.25) is 0 Å². The van der Waals surface area contributed by atoms with Crippen LogP contribution in [0.1, 0.15) is 116 Å². The van der Waals surface area contributed by atoms with Crippen LogP contribution in [-0.4, -0.2) is 36.0 Å². The van der Waals surface area contributed by atoms with Gasteiger partial charge in [-0.3, -0.25) is 9.59 Å². The lowest BCUT2D eigenvalue weighted by Gasteiger charge is -2.14. The molecule has 0 bridgehead atoms. The zero-order chi connectivity index (χ0) is 30.0. The van der Waals surface area contributed by atoms with Gasteiger partial charge in [0.05, 0.1) is 23.3 Å². The minimum atomic E-state index is -0.418. The molecule has 2 N–H and O–H groups in total. The molecule has 0 unspecified atom stereocenters. The summed E-state index contributed by atoms with van der Waals surface area (Å²) < 4.78 is 11.0. The Morgan fingerprint density at radius 1 is 0.619 bits per heavy atom. The normalized spacial score (nSPS) is 14.2. The zero-order valence-electron chi connectivity index (χ0n) is 24.4. The quantitative estimate of drug-likeness (QED) is 0.262. The number of anilines is 2. The number of benzene rings is 1. The molecular formula is C32H36N2O6S2. The summed E-state index contributed by atoms with van der Waals surface area (Å²) in [7, 11) is 0. The van der Waals surface area contributed by atoms with E-state index in [-0.39, 0.29) is 24.0 Å². The van der Waals surface area contributed by atoms with Crippen LogP contribution in [0.15, 0.2) is 24.3 Å². The molecule has 2 amide bonds. The maximum absolute atomic E-state index is 13.2. The highest BCUT2D eigenvalue weighted by atomic mass is 32.1. The van der Waals surface area contributed by atoms with Crippen molar-refractivity contribution in [3.8, 4) is 0 Å². The Morgan fingerprint density at radius 3 is 1.33 bits per heavy atom. The maximum atomic E-state index is 13.2. The van der Waals surface area contributed by atoms with Crippen molar-refractivity contribution in [3.05, 3.63) is 67.4 Å². The highest BCUT2D eigenvalue weighted by Crippen LogP contribution is 2.40. The first-order valence-electron chi connectivity index (χ1n) is 14.6. The standard InChI is InChI=1S/C32H36N2O6S2/c1-17(2)39-31(37)25-21-9-5-7-11-23(21)41-29(25)33-27(35)19-13-15-20(16-14-19)28(36)34-30-26(32(38)40-18(3)4)22-10-6-8-12-24(22)42-30/h13-18H,5-12H2,1-4H3,(H,33,35)(H,34,36). The summed E-state index contributed by atoms with van der Waals surface area (Å²) >= 11 is 2.87. The molecule has 1 aromatic carbocycles. The van der Waals surface area contributed by atoms with E-state index < -0.39 is 11.9 Å². The number of amides is 2. The van der Waals surface area contributed by atoms with E-state index in [4.69, 9.17) is 9.47 Å². The van der Waals surface area contributed by atoms with E-state index >= 15 is 0 Å². The van der Waals surface area contributed by atoms with Crippen molar-refractivity contribution in [2.45, 2.75) is 91.3 Å². The number of rotatable bonds is 8. The first kappa shape index (κ1) is 30.0. The summed E-state index contributed by atoms with van der Waals surface area (Å²) in [5, 5.41) is 6.84. The fourth-order valence-electron chi connectivity index (χ4n) is 5.41. The summed E-state index contributed by atoms with van der Waals surface area (Å²) in [4.78, 5) is 54.5. The number of thiophene rings is 2. The van der Waals surface area contributed by atoms with Gasteiger partial charge in [0.1, 0.15) is 10.0 Å². The summed E-state index contributed by atoms with van der Waals surface area (Å²) in [5.74, 6) is -1.58. The van der Waals surface area contributed by atoms with E-state index in [1.165, 1.54) is 22.7 Å². The van der Waals surface area contributed by atoms with Gasteiger partial charge in [-0.1, -0.05) is 0 Å². The van der Waals surface area contributed by atoms with Crippen molar-refractivity contribution >= 4 is 56.4 Å². The molecule has 8 nitrogen and oxygen atoms in total. The zero-order valence-corrected chi connectivity index (χ0v) is 26.0. The number of nitrogens with one attached hydrogen (secondary N) is 2. The predicted octanol–water partition coefficient (Wildman–Crippen LogP) is 7.20. The molecule has 0 saturated heterocycles. The summed E-state index contributed by atoms with van der Waals surface area (Å²) in [6, 6.07) is 6.32. The van der Waals surface area contributed by atoms with Crippen LogP contribution in [0.25, 0.3) is 0 Å². The van der Waals surface area contributed by atoms with E-state index in [1.54, 1.807) is 52.0 Å². The van der Waals surface area contributed by atoms with Gasteiger partial charge in [-0.2, -0.15) is 0 Å². The van der Waals surface area contributed by atoms with E-state index in [0.29, 0.717) is 32.3 Å². The monoisotopic (exact) mass is 608 g/mol. The van der Waals surface area contributed by atoms with Crippen LogP contribution in [0.3, 0.4) is 0 Å². The topological polar surface area (TPSA) is 111 Å². The lowest BCUT2D eigenvalue weighted by atomic mass is 9.95. The van der Waals surface area contributed by atoms with Gasteiger partial charge in [-0.15, -0.1) is 22.7 Å². The van der Waals surface area contributed by atoms with E-state index in [2.05, 4.69) is 10.6 Å². The van der Waals surface area contributed by atoms with E-state index in [1.807, 2.05) is 0 Å². The number of hydrogen-bond acceptors (Lipinski definition) is 8. The maximum Gasteiger partial charge on any atom is 0.341 e. The fraction of sp³-hybridized carbons (Fsp3) is 0.438. The first-order valence-corrected chi connectivity index (χ1v) is 16.2. The fourth-order valence-corrected chi connectivity index (χ4v) is 7.95. The SMILES string of the molecule is CC(C)OC(=O)c1c(NC(=O)c2ccc(C(=O)Nc3sc4c(c3C(=O)OC(C)C)CCCC4)cc2)sc2c1CCCC2. The molecule has 2 aliphatic carbocycles. The summed E-state index contributed by atoms with van der Waals surface area (Å²) in [5.41, 5.74) is 3.58. The third-order valence-corrected chi connectivity index (χ3v) is 9.71. The third-order valence-electron chi connectivity index (χ3n) is 7.30. The van der Waals surface area contributed by atoms with Crippen LogP contribution >= 0.6 is 22.7 Å². The van der Waals surface area contributed by atoms with Crippen LogP contribution in [0.2, 0.25) is 0 Å². The second-order valence-electron chi connectivity index (χ2n) is 11.2. The number of carbonyl (C=O) groups excluding carboxylic acids is 4. The van der Waals surface area contributed by atoms with Gasteiger partial charge in [0, 0.05) is 20.9 Å². The Balaban J connectivity index is 1.32. The molecule has 2 heterocycles. The molecule has 0 spiro atoms. The number of carbonyl (C=O) groups is 4. The number of fused-ring (bicyclic) bond motifs is 2.